The molecule has 2 rings (SSSR count). The van der Waals surface area contributed by atoms with E-state index in [4.69, 9.17) is 18.9 Å². The van der Waals surface area contributed by atoms with E-state index in [1.807, 2.05) is 25.7 Å². The van der Waals surface area contributed by atoms with E-state index in [2.05, 4.69) is 6.92 Å². The zero-order chi connectivity index (χ0) is 24.3. The molecular weight excluding hydrogens is 428 g/mol. The first-order valence-corrected chi connectivity index (χ1v) is 12.1. The van der Waals surface area contributed by atoms with Crippen molar-refractivity contribution < 1.29 is 33.3 Å². The normalized spacial score (nSPS) is 21.5. The Hall–Kier alpha value is -1.55. The van der Waals surface area contributed by atoms with Crippen LogP contribution in [0.3, 0.4) is 0 Å². The summed E-state index contributed by atoms with van der Waals surface area (Å²) in [5.74, 6) is 0.309. The molecule has 2 fully saturated rings. The van der Waals surface area contributed by atoms with Gasteiger partial charge in [0.25, 0.3) is 0 Å². The van der Waals surface area contributed by atoms with E-state index < -0.39 is 0 Å². The van der Waals surface area contributed by atoms with Gasteiger partial charge in [-0.2, -0.15) is 0 Å². The standard InChI is InChI=1S/C24H42N2O7/c1-19-5-7-25(18-19)21(27)6-9-30-11-13-32-15-16-33-14-12-31-10-8-26-22(28)17-20(23(26)29)24(2,3)4/h19-20H,5-18H2,1-4H3/t19-,20?/m0/s1. The summed E-state index contributed by atoms with van der Waals surface area (Å²) in [5.41, 5.74) is -0.213. The number of hydrogen-bond acceptors (Lipinski definition) is 7. The third-order valence-electron chi connectivity index (χ3n) is 6.10. The maximum Gasteiger partial charge on any atom is 0.233 e. The highest BCUT2D eigenvalue weighted by Crippen LogP contribution is 2.35. The molecule has 33 heavy (non-hydrogen) atoms. The van der Waals surface area contributed by atoms with E-state index in [0.29, 0.717) is 65.2 Å². The smallest absolute Gasteiger partial charge is 0.233 e. The number of carbonyl (C=O) groups excluding carboxylic acids is 3. The van der Waals surface area contributed by atoms with E-state index in [-0.39, 0.29) is 42.0 Å². The molecule has 1 unspecified atom stereocenters. The van der Waals surface area contributed by atoms with E-state index in [1.165, 1.54) is 4.90 Å². The van der Waals surface area contributed by atoms with E-state index in [0.717, 1.165) is 19.5 Å². The topological polar surface area (TPSA) is 94.6 Å². The molecule has 0 bridgehead atoms. The summed E-state index contributed by atoms with van der Waals surface area (Å²) in [6.07, 6.45) is 1.80. The van der Waals surface area contributed by atoms with Crippen molar-refractivity contribution >= 4 is 17.7 Å². The van der Waals surface area contributed by atoms with Crippen molar-refractivity contribution in [3.05, 3.63) is 0 Å². The van der Waals surface area contributed by atoms with Crippen LogP contribution < -0.4 is 0 Å². The molecule has 2 aliphatic heterocycles. The molecule has 0 aromatic carbocycles. The number of imide groups is 1. The molecule has 0 aromatic rings. The predicted octanol–water partition coefficient (Wildman–Crippen LogP) is 1.73. The third kappa shape index (κ3) is 9.68. The largest absolute Gasteiger partial charge is 0.379 e. The first kappa shape index (κ1) is 27.7. The monoisotopic (exact) mass is 470 g/mol. The van der Waals surface area contributed by atoms with Crippen LogP contribution in [0.4, 0.5) is 0 Å². The average molecular weight is 471 g/mol. The maximum atomic E-state index is 12.4. The van der Waals surface area contributed by atoms with Crippen LogP contribution in [-0.2, 0) is 33.3 Å². The van der Waals surface area contributed by atoms with Crippen LogP contribution in [0.5, 0.6) is 0 Å². The van der Waals surface area contributed by atoms with Gasteiger partial charge in [-0.3, -0.25) is 19.3 Å². The predicted molar refractivity (Wildman–Crippen MR) is 123 cm³/mol. The van der Waals surface area contributed by atoms with Gasteiger partial charge >= 0.3 is 0 Å². The van der Waals surface area contributed by atoms with Crippen molar-refractivity contribution in [1.82, 2.24) is 9.80 Å². The molecule has 0 spiro atoms. The lowest BCUT2D eigenvalue weighted by Crippen LogP contribution is -2.36. The van der Waals surface area contributed by atoms with Gasteiger partial charge in [-0.15, -0.1) is 0 Å². The van der Waals surface area contributed by atoms with Crippen LogP contribution in [0.1, 0.15) is 47.0 Å². The summed E-state index contributed by atoms with van der Waals surface area (Å²) in [4.78, 5) is 39.7. The van der Waals surface area contributed by atoms with E-state index in [1.54, 1.807) is 0 Å². The Balaban J connectivity index is 1.35. The molecule has 2 heterocycles. The molecule has 9 nitrogen and oxygen atoms in total. The van der Waals surface area contributed by atoms with Crippen molar-refractivity contribution in [2.75, 3.05) is 72.5 Å². The van der Waals surface area contributed by atoms with Gasteiger partial charge in [-0.1, -0.05) is 27.7 Å². The Morgan fingerprint density at radius 3 is 1.94 bits per heavy atom. The summed E-state index contributed by atoms with van der Waals surface area (Å²) in [6, 6.07) is 0. The van der Waals surface area contributed by atoms with Gasteiger partial charge in [-0.05, 0) is 17.8 Å². The van der Waals surface area contributed by atoms with Gasteiger partial charge in [0.05, 0.1) is 71.7 Å². The zero-order valence-corrected chi connectivity index (χ0v) is 20.8. The second kappa shape index (κ2) is 14.0. The Morgan fingerprint density at radius 2 is 1.45 bits per heavy atom. The number of rotatable bonds is 15. The quantitative estimate of drug-likeness (QED) is 0.266. The highest BCUT2D eigenvalue weighted by Gasteiger charge is 2.44. The van der Waals surface area contributed by atoms with Gasteiger partial charge in [0.1, 0.15) is 0 Å². The highest BCUT2D eigenvalue weighted by molar-refractivity contribution is 6.03. The van der Waals surface area contributed by atoms with Crippen LogP contribution in [0.15, 0.2) is 0 Å². The van der Waals surface area contributed by atoms with Crippen LogP contribution in [0.25, 0.3) is 0 Å². The minimum Gasteiger partial charge on any atom is -0.379 e. The minimum absolute atomic E-state index is 0.0960. The molecule has 0 radical (unpaired) electrons. The average Bonchev–Trinajstić information content (AvgIpc) is 3.31. The Morgan fingerprint density at radius 1 is 0.909 bits per heavy atom. The van der Waals surface area contributed by atoms with Crippen molar-refractivity contribution in [2.45, 2.75) is 47.0 Å². The van der Waals surface area contributed by atoms with Gasteiger partial charge < -0.3 is 23.8 Å². The fourth-order valence-corrected chi connectivity index (χ4v) is 3.99. The molecule has 0 aliphatic carbocycles. The Kier molecular flexibility index (Phi) is 11.7. The highest BCUT2D eigenvalue weighted by atomic mass is 16.6. The molecule has 0 N–H and O–H groups in total. The number of nitrogens with zero attached hydrogens (tertiary/aromatic N) is 2. The van der Waals surface area contributed by atoms with Crippen LogP contribution >= 0.6 is 0 Å². The molecule has 9 heteroatoms. The number of hydrogen-bond donors (Lipinski definition) is 0. The third-order valence-corrected chi connectivity index (χ3v) is 6.10. The number of carbonyl (C=O) groups is 3. The van der Waals surface area contributed by atoms with E-state index >= 15 is 0 Å². The molecule has 2 atom stereocenters. The van der Waals surface area contributed by atoms with Crippen molar-refractivity contribution in [3.63, 3.8) is 0 Å². The molecule has 190 valence electrons. The molecule has 2 aliphatic rings. The first-order chi connectivity index (χ1) is 15.7. The summed E-state index contributed by atoms with van der Waals surface area (Å²) in [5, 5.41) is 0. The summed E-state index contributed by atoms with van der Waals surface area (Å²) >= 11 is 0. The van der Waals surface area contributed by atoms with Crippen molar-refractivity contribution in [2.24, 2.45) is 17.3 Å². The van der Waals surface area contributed by atoms with E-state index in [9.17, 15) is 14.4 Å². The molecular formula is C24H42N2O7. The molecule has 0 saturated carbocycles. The fourth-order valence-electron chi connectivity index (χ4n) is 3.99. The lowest BCUT2D eigenvalue weighted by atomic mass is 9.80. The van der Waals surface area contributed by atoms with Crippen LogP contribution in [0.2, 0.25) is 0 Å². The van der Waals surface area contributed by atoms with Crippen LogP contribution in [0, 0.1) is 17.3 Å². The second-order valence-electron chi connectivity index (χ2n) is 9.94. The molecule has 0 aromatic heterocycles. The van der Waals surface area contributed by atoms with Crippen LogP contribution in [-0.4, -0.2) is 100 Å². The number of amides is 3. The zero-order valence-electron chi connectivity index (χ0n) is 20.8. The molecule has 3 amide bonds. The minimum atomic E-state index is -0.250. The van der Waals surface area contributed by atoms with Gasteiger partial charge in [0.2, 0.25) is 17.7 Å². The second-order valence-corrected chi connectivity index (χ2v) is 9.94. The SMILES string of the molecule is C[C@H]1CCN(C(=O)CCOCCOCCOCCOCCN2C(=O)CC(C(C)(C)C)C2=O)C1. The van der Waals surface area contributed by atoms with Gasteiger partial charge in [0, 0.05) is 19.5 Å². The fraction of sp³-hybridized carbons (Fsp3) is 0.875. The van der Waals surface area contributed by atoms with Gasteiger partial charge in [-0.25, -0.2) is 0 Å². The number of likely N-dealkylation sites (tertiary alicyclic amines) is 2. The van der Waals surface area contributed by atoms with Crippen molar-refractivity contribution in [3.8, 4) is 0 Å². The first-order valence-electron chi connectivity index (χ1n) is 12.1. The molecule has 2 saturated heterocycles. The summed E-state index contributed by atoms with van der Waals surface area (Å²) in [7, 11) is 0. The summed E-state index contributed by atoms with van der Waals surface area (Å²) in [6.45, 7) is 13.5. The number of ether oxygens (including phenoxy) is 4. The lowest BCUT2D eigenvalue weighted by molar-refractivity contribution is -0.141. The van der Waals surface area contributed by atoms with Crippen molar-refractivity contribution in [1.29, 1.82) is 0 Å². The maximum absolute atomic E-state index is 12.4. The Labute approximate surface area is 198 Å². The summed E-state index contributed by atoms with van der Waals surface area (Å²) < 4.78 is 21.8. The van der Waals surface area contributed by atoms with Gasteiger partial charge in [0.15, 0.2) is 0 Å². The lowest BCUT2D eigenvalue weighted by Gasteiger charge is -2.24. The Bertz CT molecular complexity index is 635.